The van der Waals surface area contributed by atoms with Crippen LogP contribution in [0.3, 0.4) is 0 Å². The number of aryl methyl sites for hydroxylation is 1. The number of ether oxygens (including phenoxy) is 1. The first kappa shape index (κ1) is 13.7. The molecule has 0 fully saturated rings. The van der Waals surface area contributed by atoms with Gasteiger partial charge >= 0.3 is 0 Å². The second-order valence-electron chi connectivity index (χ2n) is 5.35. The van der Waals surface area contributed by atoms with Crippen molar-refractivity contribution in [2.24, 2.45) is 0 Å². The highest BCUT2D eigenvalue weighted by molar-refractivity contribution is 7.07. The van der Waals surface area contributed by atoms with Crippen molar-refractivity contribution in [2.45, 2.75) is 31.7 Å². The predicted octanol–water partition coefficient (Wildman–Crippen LogP) is 3.97. The zero-order chi connectivity index (χ0) is 13.8. The number of benzene rings is 1. The average molecular weight is 287 g/mol. The number of hydrogen-bond donors (Lipinski definition) is 1. The van der Waals surface area contributed by atoms with Crippen LogP contribution < -0.4 is 10.1 Å². The predicted molar refractivity (Wildman–Crippen MR) is 84.7 cm³/mol. The molecule has 1 atom stereocenters. The summed E-state index contributed by atoms with van der Waals surface area (Å²) in [4.78, 5) is 0. The standard InChI is InChI=1S/C17H21NOS/c1-19-15-6-5-14-3-2-4-17(16(14)11-15)18-9-7-13-8-10-20-12-13/h5-6,8,10-12,17-18H,2-4,7,9H2,1H3. The van der Waals surface area contributed by atoms with E-state index in [0.717, 1.165) is 18.7 Å². The molecule has 0 aliphatic heterocycles. The van der Waals surface area contributed by atoms with Gasteiger partial charge in [-0.25, -0.2) is 0 Å². The highest BCUT2D eigenvalue weighted by Crippen LogP contribution is 2.32. The minimum absolute atomic E-state index is 0.479. The summed E-state index contributed by atoms with van der Waals surface area (Å²) in [5, 5.41) is 8.10. The molecule has 1 aromatic carbocycles. The van der Waals surface area contributed by atoms with Crippen molar-refractivity contribution < 1.29 is 4.74 Å². The summed E-state index contributed by atoms with van der Waals surface area (Å²) < 4.78 is 5.37. The van der Waals surface area contributed by atoms with Crippen molar-refractivity contribution in [2.75, 3.05) is 13.7 Å². The van der Waals surface area contributed by atoms with Crippen LogP contribution in [0, 0.1) is 0 Å². The van der Waals surface area contributed by atoms with Crippen LogP contribution in [0.25, 0.3) is 0 Å². The fourth-order valence-corrected chi connectivity index (χ4v) is 3.64. The third-order valence-corrected chi connectivity index (χ3v) is 4.78. The lowest BCUT2D eigenvalue weighted by atomic mass is 9.87. The minimum atomic E-state index is 0.479. The van der Waals surface area contributed by atoms with E-state index in [2.05, 4.69) is 40.3 Å². The van der Waals surface area contributed by atoms with Gasteiger partial charge in [0, 0.05) is 6.04 Å². The fourth-order valence-electron chi connectivity index (χ4n) is 2.94. The van der Waals surface area contributed by atoms with Crippen molar-refractivity contribution in [1.29, 1.82) is 0 Å². The summed E-state index contributed by atoms with van der Waals surface area (Å²) in [7, 11) is 1.74. The third kappa shape index (κ3) is 3.05. The highest BCUT2D eigenvalue weighted by atomic mass is 32.1. The minimum Gasteiger partial charge on any atom is -0.497 e. The first-order chi connectivity index (χ1) is 9.86. The molecule has 2 aromatic rings. The number of fused-ring (bicyclic) bond motifs is 1. The lowest BCUT2D eigenvalue weighted by molar-refractivity contribution is 0.409. The van der Waals surface area contributed by atoms with Crippen molar-refractivity contribution in [3.8, 4) is 5.75 Å². The van der Waals surface area contributed by atoms with E-state index >= 15 is 0 Å². The molecule has 1 aliphatic carbocycles. The highest BCUT2D eigenvalue weighted by Gasteiger charge is 2.20. The molecule has 0 spiro atoms. The normalized spacial score (nSPS) is 17.8. The molecule has 0 bridgehead atoms. The molecule has 20 heavy (non-hydrogen) atoms. The third-order valence-electron chi connectivity index (χ3n) is 4.05. The number of thiophene rings is 1. The molecule has 0 saturated carbocycles. The van der Waals surface area contributed by atoms with E-state index in [1.54, 1.807) is 18.4 Å². The van der Waals surface area contributed by atoms with Gasteiger partial charge in [0.1, 0.15) is 5.75 Å². The molecule has 1 aliphatic rings. The van der Waals surface area contributed by atoms with Gasteiger partial charge in [-0.1, -0.05) is 6.07 Å². The second-order valence-corrected chi connectivity index (χ2v) is 6.13. The van der Waals surface area contributed by atoms with Crippen LogP contribution in [0.5, 0.6) is 5.75 Å². The summed E-state index contributed by atoms with van der Waals surface area (Å²) in [5.74, 6) is 0.968. The Morgan fingerprint density at radius 2 is 2.30 bits per heavy atom. The van der Waals surface area contributed by atoms with Gasteiger partial charge in [-0.05, 0) is 77.9 Å². The van der Waals surface area contributed by atoms with Gasteiger partial charge in [-0.3, -0.25) is 0 Å². The topological polar surface area (TPSA) is 21.3 Å². The van der Waals surface area contributed by atoms with Crippen LogP contribution in [-0.2, 0) is 12.8 Å². The first-order valence-corrected chi connectivity index (χ1v) is 8.22. The smallest absolute Gasteiger partial charge is 0.119 e. The Hall–Kier alpha value is -1.32. The van der Waals surface area contributed by atoms with E-state index in [1.807, 2.05) is 0 Å². The van der Waals surface area contributed by atoms with Crippen molar-refractivity contribution in [1.82, 2.24) is 5.32 Å². The zero-order valence-electron chi connectivity index (χ0n) is 11.9. The molecule has 2 nitrogen and oxygen atoms in total. The van der Waals surface area contributed by atoms with Gasteiger partial charge in [0.15, 0.2) is 0 Å². The van der Waals surface area contributed by atoms with E-state index in [0.29, 0.717) is 6.04 Å². The summed E-state index contributed by atoms with van der Waals surface area (Å²) in [5.41, 5.74) is 4.34. The molecule has 0 saturated heterocycles. The fraction of sp³-hybridized carbons (Fsp3) is 0.412. The quantitative estimate of drug-likeness (QED) is 0.898. The Kier molecular flexibility index (Phi) is 4.38. The van der Waals surface area contributed by atoms with Gasteiger partial charge < -0.3 is 10.1 Å². The van der Waals surface area contributed by atoms with Crippen LogP contribution in [0.15, 0.2) is 35.0 Å². The molecule has 0 radical (unpaired) electrons. The monoisotopic (exact) mass is 287 g/mol. The number of hydrogen-bond acceptors (Lipinski definition) is 3. The van der Waals surface area contributed by atoms with Gasteiger partial charge in [-0.2, -0.15) is 11.3 Å². The van der Waals surface area contributed by atoms with E-state index in [1.165, 1.54) is 36.0 Å². The molecular weight excluding hydrogens is 266 g/mol. The van der Waals surface area contributed by atoms with Crippen molar-refractivity contribution >= 4 is 11.3 Å². The van der Waals surface area contributed by atoms with Crippen LogP contribution >= 0.6 is 11.3 Å². The Labute approximate surface area is 124 Å². The van der Waals surface area contributed by atoms with Gasteiger partial charge in [0.05, 0.1) is 7.11 Å². The van der Waals surface area contributed by atoms with Crippen LogP contribution in [0.1, 0.15) is 35.6 Å². The summed E-state index contributed by atoms with van der Waals surface area (Å²) in [6.45, 7) is 1.04. The SMILES string of the molecule is COc1ccc2c(c1)C(NCCc1ccsc1)CCC2. The van der Waals surface area contributed by atoms with Crippen molar-refractivity contribution in [3.05, 3.63) is 51.7 Å². The van der Waals surface area contributed by atoms with Crippen LogP contribution in [-0.4, -0.2) is 13.7 Å². The Morgan fingerprint density at radius 3 is 3.10 bits per heavy atom. The van der Waals surface area contributed by atoms with Gasteiger partial charge in [0.25, 0.3) is 0 Å². The molecule has 1 unspecified atom stereocenters. The number of nitrogens with one attached hydrogen (secondary N) is 1. The zero-order valence-corrected chi connectivity index (χ0v) is 12.7. The van der Waals surface area contributed by atoms with Crippen LogP contribution in [0.4, 0.5) is 0 Å². The maximum absolute atomic E-state index is 5.37. The molecule has 106 valence electrons. The van der Waals surface area contributed by atoms with E-state index in [4.69, 9.17) is 4.74 Å². The van der Waals surface area contributed by atoms with Crippen LogP contribution in [0.2, 0.25) is 0 Å². The summed E-state index contributed by atoms with van der Waals surface area (Å²) in [6.07, 6.45) is 4.81. The average Bonchev–Trinajstić information content (AvgIpc) is 3.00. The molecule has 3 heteroatoms. The number of methoxy groups -OCH3 is 1. The molecule has 1 N–H and O–H groups in total. The Balaban J connectivity index is 1.66. The second kappa shape index (κ2) is 6.42. The summed E-state index contributed by atoms with van der Waals surface area (Å²) >= 11 is 1.77. The maximum Gasteiger partial charge on any atom is 0.119 e. The van der Waals surface area contributed by atoms with E-state index < -0.39 is 0 Å². The van der Waals surface area contributed by atoms with Gasteiger partial charge in [-0.15, -0.1) is 0 Å². The molecule has 0 amide bonds. The molecule has 3 rings (SSSR count). The molecular formula is C17H21NOS. The lowest BCUT2D eigenvalue weighted by Crippen LogP contribution is -2.27. The van der Waals surface area contributed by atoms with Crippen molar-refractivity contribution in [3.63, 3.8) is 0 Å². The maximum atomic E-state index is 5.37. The molecule has 1 heterocycles. The summed E-state index contributed by atoms with van der Waals surface area (Å²) in [6, 6.07) is 9.20. The first-order valence-electron chi connectivity index (χ1n) is 7.28. The Bertz CT molecular complexity index is 550. The number of rotatable bonds is 5. The van der Waals surface area contributed by atoms with Gasteiger partial charge in [0.2, 0.25) is 0 Å². The molecule has 1 aromatic heterocycles. The lowest BCUT2D eigenvalue weighted by Gasteiger charge is -2.27. The Morgan fingerprint density at radius 1 is 1.35 bits per heavy atom. The largest absolute Gasteiger partial charge is 0.497 e. The van der Waals surface area contributed by atoms with E-state index in [-0.39, 0.29) is 0 Å². The van der Waals surface area contributed by atoms with E-state index in [9.17, 15) is 0 Å².